The van der Waals surface area contributed by atoms with Crippen molar-refractivity contribution in [2.45, 2.75) is 26.2 Å². The molecule has 0 saturated heterocycles. The number of ether oxygens (including phenoxy) is 1. The minimum atomic E-state index is 0.816. The van der Waals surface area contributed by atoms with Crippen LogP contribution in [0.15, 0.2) is 30.5 Å². The zero-order valence-corrected chi connectivity index (χ0v) is 9.57. The Kier molecular flexibility index (Phi) is 3.40. The number of unbranched alkanes of at least 4 members (excludes halogenated alkanes) is 1. The topological polar surface area (TPSA) is 22.1 Å². The molecule has 1 radical (unpaired) electrons. The largest absolute Gasteiger partial charge is 0.489 e. The maximum absolute atomic E-state index is 5.16. The predicted octanol–water partition coefficient (Wildman–Crippen LogP) is 3.75. The summed E-state index contributed by atoms with van der Waals surface area (Å²) in [5.74, 6) is 0.816. The molecule has 0 aliphatic carbocycles. The molecule has 2 nitrogen and oxygen atoms in total. The van der Waals surface area contributed by atoms with Crippen molar-refractivity contribution in [1.82, 2.24) is 4.98 Å². The average molecular weight is 214 g/mol. The summed E-state index contributed by atoms with van der Waals surface area (Å²) < 4.78 is 5.16. The second-order valence-corrected chi connectivity index (χ2v) is 3.87. The molecule has 0 aliphatic heterocycles. The smallest absolute Gasteiger partial charge is 0.130 e. The van der Waals surface area contributed by atoms with Gasteiger partial charge in [-0.3, -0.25) is 4.98 Å². The molecule has 0 unspecified atom stereocenters. The zero-order chi connectivity index (χ0) is 11.4. The van der Waals surface area contributed by atoms with Gasteiger partial charge in [-0.15, -0.1) is 0 Å². The molecule has 0 atom stereocenters. The van der Waals surface area contributed by atoms with Gasteiger partial charge in [-0.1, -0.05) is 25.5 Å². The molecule has 2 aromatic rings. The number of hydrogen-bond donors (Lipinski definition) is 0. The lowest BCUT2D eigenvalue weighted by molar-refractivity contribution is 0.478. The Balaban J connectivity index is 2.54. The summed E-state index contributed by atoms with van der Waals surface area (Å²) in [6.45, 7) is 2.20. The van der Waals surface area contributed by atoms with Crippen molar-refractivity contribution in [1.29, 1.82) is 0 Å². The minimum absolute atomic E-state index is 0.816. The quantitative estimate of drug-likeness (QED) is 0.773. The van der Waals surface area contributed by atoms with Crippen LogP contribution in [0, 0.1) is 7.11 Å². The molecular formula is C14H16NO. The molecule has 16 heavy (non-hydrogen) atoms. The van der Waals surface area contributed by atoms with Crippen LogP contribution in [0.25, 0.3) is 10.9 Å². The molecule has 0 bridgehead atoms. The third kappa shape index (κ3) is 2.01. The predicted molar refractivity (Wildman–Crippen MR) is 66.3 cm³/mol. The Bertz CT molecular complexity index is 474. The van der Waals surface area contributed by atoms with Crippen LogP contribution in [-0.2, 0) is 6.42 Å². The Morgan fingerprint density at radius 3 is 2.94 bits per heavy atom. The van der Waals surface area contributed by atoms with E-state index in [4.69, 9.17) is 4.74 Å². The summed E-state index contributed by atoms with van der Waals surface area (Å²) in [5, 5.41) is 1.11. The summed E-state index contributed by atoms with van der Waals surface area (Å²) in [5.41, 5.74) is 2.28. The molecule has 0 fully saturated rings. The monoisotopic (exact) mass is 214 g/mol. The van der Waals surface area contributed by atoms with Gasteiger partial charge in [0.05, 0.1) is 5.52 Å². The third-order valence-electron chi connectivity index (χ3n) is 2.77. The number of hydrogen-bond acceptors (Lipinski definition) is 2. The first-order valence-electron chi connectivity index (χ1n) is 5.65. The number of benzene rings is 1. The van der Waals surface area contributed by atoms with Gasteiger partial charge in [-0.2, -0.15) is 0 Å². The maximum Gasteiger partial charge on any atom is 0.130 e. The lowest BCUT2D eigenvalue weighted by Crippen LogP contribution is -1.92. The number of fused-ring (bicyclic) bond motifs is 1. The van der Waals surface area contributed by atoms with Gasteiger partial charge in [0, 0.05) is 11.6 Å². The van der Waals surface area contributed by atoms with E-state index in [9.17, 15) is 0 Å². The van der Waals surface area contributed by atoms with Crippen LogP contribution < -0.4 is 4.74 Å². The van der Waals surface area contributed by atoms with Crippen molar-refractivity contribution in [2.75, 3.05) is 0 Å². The van der Waals surface area contributed by atoms with Crippen molar-refractivity contribution in [3.63, 3.8) is 0 Å². The van der Waals surface area contributed by atoms with Crippen LogP contribution in [-0.4, -0.2) is 4.98 Å². The Labute approximate surface area is 96.3 Å². The first-order valence-corrected chi connectivity index (χ1v) is 5.65. The van der Waals surface area contributed by atoms with Crippen molar-refractivity contribution in [3.05, 3.63) is 43.1 Å². The fourth-order valence-electron chi connectivity index (χ4n) is 1.94. The standard InChI is InChI=1S/C14H16NO/c1-3-4-6-11-7-5-8-12-14(11)13(16-2)9-10-15-12/h5,7-10H,2-4,6H2,1H3. The summed E-state index contributed by atoms with van der Waals surface area (Å²) in [6, 6.07) is 8.06. The number of aryl methyl sites for hydroxylation is 1. The molecule has 1 aromatic heterocycles. The van der Waals surface area contributed by atoms with E-state index in [2.05, 4.69) is 25.1 Å². The lowest BCUT2D eigenvalue weighted by Gasteiger charge is -2.09. The number of nitrogens with zero attached hydrogens (tertiary/aromatic N) is 1. The first-order chi connectivity index (χ1) is 7.86. The van der Waals surface area contributed by atoms with Crippen molar-refractivity contribution in [2.24, 2.45) is 0 Å². The summed E-state index contributed by atoms with van der Waals surface area (Å²) in [7, 11) is 3.50. The van der Waals surface area contributed by atoms with Crippen LogP contribution in [0.5, 0.6) is 5.75 Å². The first kappa shape index (κ1) is 10.9. The minimum Gasteiger partial charge on any atom is -0.489 e. The molecule has 0 N–H and O–H groups in total. The fourth-order valence-corrected chi connectivity index (χ4v) is 1.94. The van der Waals surface area contributed by atoms with E-state index in [1.165, 1.54) is 18.4 Å². The molecule has 2 heteroatoms. The zero-order valence-electron chi connectivity index (χ0n) is 9.57. The van der Waals surface area contributed by atoms with E-state index in [0.717, 1.165) is 23.1 Å². The van der Waals surface area contributed by atoms with Gasteiger partial charge in [0.1, 0.15) is 12.9 Å². The summed E-state index contributed by atoms with van der Waals surface area (Å²) >= 11 is 0. The number of pyridine rings is 1. The highest BCUT2D eigenvalue weighted by atomic mass is 16.5. The highest BCUT2D eigenvalue weighted by molar-refractivity contribution is 5.88. The van der Waals surface area contributed by atoms with Gasteiger partial charge in [0.15, 0.2) is 0 Å². The Morgan fingerprint density at radius 2 is 2.19 bits per heavy atom. The van der Waals surface area contributed by atoms with Gasteiger partial charge in [0.2, 0.25) is 0 Å². The highest BCUT2D eigenvalue weighted by Crippen LogP contribution is 2.28. The van der Waals surface area contributed by atoms with Gasteiger partial charge < -0.3 is 4.74 Å². The summed E-state index contributed by atoms with van der Waals surface area (Å²) in [6.07, 6.45) is 5.20. The van der Waals surface area contributed by atoms with Crippen LogP contribution in [0.4, 0.5) is 0 Å². The molecule has 1 heterocycles. The van der Waals surface area contributed by atoms with E-state index in [1.807, 2.05) is 18.2 Å². The second-order valence-electron chi connectivity index (χ2n) is 3.87. The molecule has 0 spiro atoms. The molecule has 0 saturated carbocycles. The normalized spacial score (nSPS) is 10.6. The summed E-state index contributed by atoms with van der Waals surface area (Å²) in [4.78, 5) is 4.35. The molecular weight excluding hydrogens is 198 g/mol. The van der Waals surface area contributed by atoms with Gasteiger partial charge >= 0.3 is 0 Å². The van der Waals surface area contributed by atoms with Gasteiger partial charge in [0.25, 0.3) is 0 Å². The average Bonchev–Trinajstić information content (AvgIpc) is 2.35. The van der Waals surface area contributed by atoms with Gasteiger partial charge in [-0.05, 0) is 30.5 Å². The van der Waals surface area contributed by atoms with E-state index in [-0.39, 0.29) is 0 Å². The maximum atomic E-state index is 5.16. The molecule has 0 aliphatic rings. The molecule has 0 amide bonds. The van der Waals surface area contributed by atoms with Crippen molar-refractivity contribution < 1.29 is 4.74 Å². The molecule has 83 valence electrons. The van der Waals surface area contributed by atoms with Crippen LogP contribution >= 0.6 is 0 Å². The van der Waals surface area contributed by atoms with Crippen molar-refractivity contribution >= 4 is 10.9 Å². The van der Waals surface area contributed by atoms with E-state index in [0.29, 0.717) is 0 Å². The molecule has 1 aromatic carbocycles. The lowest BCUT2D eigenvalue weighted by atomic mass is 10.0. The SMILES string of the molecule is [CH2]Oc1ccnc2cccc(CCCC)c12. The fraction of sp³-hybridized carbons (Fsp3) is 0.286. The number of rotatable bonds is 4. The van der Waals surface area contributed by atoms with E-state index >= 15 is 0 Å². The van der Waals surface area contributed by atoms with Gasteiger partial charge in [-0.25, -0.2) is 0 Å². The second kappa shape index (κ2) is 4.97. The van der Waals surface area contributed by atoms with Crippen LogP contribution in [0.3, 0.4) is 0 Å². The number of aromatic nitrogens is 1. The van der Waals surface area contributed by atoms with E-state index < -0.39 is 0 Å². The third-order valence-corrected chi connectivity index (χ3v) is 2.77. The van der Waals surface area contributed by atoms with Crippen LogP contribution in [0.1, 0.15) is 25.3 Å². The Hall–Kier alpha value is -1.57. The highest BCUT2D eigenvalue weighted by Gasteiger charge is 2.06. The molecule has 2 rings (SSSR count). The Morgan fingerprint density at radius 1 is 1.31 bits per heavy atom. The van der Waals surface area contributed by atoms with Crippen molar-refractivity contribution in [3.8, 4) is 5.75 Å². The van der Waals surface area contributed by atoms with E-state index in [1.54, 1.807) is 6.20 Å². The van der Waals surface area contributed by atoms with Crippen LogP contribution in [0.2, 0.25) is 0 Å².